The minimum atomic E-state index is -0.0981. The number of carbonyl (C=O) groups excluding carboxylic acids is 1. The molecule has 0 atom stereocenters. The molecule has 0 aliphatic heterocycles. The largest absolute Gasteiger partial charge is 0.339 e. The van der Waals surface area contributed by atoms with Crippen LogP contribution in [0, 0.1) is 48.5 Å². The van der Waals surface area contributed by atoms with E-state index in [1.165, 1.54) is 39.0 Å². The predicted octanol–water partition coefficient (Wildman–Crippen LogP) is 5.05. The van der Waals surface area contributed by atoms with Gasteiger partial charge in [-0.2, -0.15) is 0 Å². The molecule has 0 radical (unpaired) electrons. The zero-order chi connectivity index (χ0) is 18.6. The van der Waals surface area contributed by atoms with Crippen molar-refractivity contribution in [2.45, 2.75) is 48.5 Å². The van der Waals surface area contributed by atoms with Crippen LogP contribution >= 0.6 is 11.3 Å². The SMILES string of the molecule is Cc1nc(NC(=O)c2c(C)c3c(C)c(C)c(C)c(C)c3n2C)sc1C. The van der Waals surface area contributed by atoms with Crippen LogP contribution < -0.4 is 5.32 Å². The van der Waals surface area contributed by atoms with Gasteiger partial charge in [-0.15, -0.1) is 11.3 Å². The van der Waals surface area contributed by atoms with Crippen molar-refractivity contribution in [2.24, 2.45) is 7.05 Å². The maximum absolute atomic E-state index is 13.0. The van der Waals surface area contributed by atoms with Gasteiger partial charge in [0.15, 0.2) is 5.13 Å². The first-order valence-electron chi connectivity index (χ1n) is 8.45. The third-order valence-corrected chi connectivity index (χ3v) is 6.51. The zero-order valence-electron chi connectivity index (χ0n) is 16.2. The molecule has 0 unspecified atom stereocenters. The molecule has 0 saturated heterocycles. The second-order valence-electron chi connectivity index (χ2n) is 6.87. The van der Waals surface area contributed by atoms with Gasteiger partial charge in [0.25, 0.3) is 5.91 Å². The Morgan fingerprint density at radius 2 is 1.52 bits per heavy atom. The van der Waals surface area contributed by atoms with Gasteiger partial charge in [0.2, 0.25) is 0 Å². The van der Waals surface area contributed by atoms with E-state index in [1.54, 1.807) is 0 Å². The molecule has 3 aromatic rings. The Kier molecular flexibility index (Phi) is 4.23. The number of fused-ring (bicyclic) bond motifs is 1. The standard InChI is InChI=1S/C20H25N3OS/c1-9-10(2)12(4)17-16(11(9)3)13(5)18(23(17)8)19(24)22-20-21-14(6)15(7)25-20/h1-8H3,(H,21,22,24). The number of aryl methyl sites for hydroxylation is 6. The van der Waals surface area contributed by atoms with Gasteiger partial charge < -0.3 is 4.57 Å². The number of aromatic nitrogens is 2. The van der Waals surface area contributed by atoms with Crippen LogP contribution in [0.5, 0.6) is 0 Å². The van der Waals surface area contributed by atoms with Gasteiger partial charge in [0.1, 0.15) is 5.69 Å². The van der Waals surface area contributed by atoms with Gasteiger partial charge in [-0.05, 0) is 76.3 Å². The molecule has 2 aromatic heterocycles. The van der Waals surface area contributed by atoms with E-state index in [-0.39, 0.29) is 5.91 Å². The number of amides is 1. The third kappa shape index (κ3) is 2.58. The van der Waals surface area contributed by atoms with E-state index in [1.807, 2.05) is 32.4 Å². The Morgan fingerprint density at radius 1 is 0.920 bits per heavy atom. The lowest BCUT2D eigenvalue weighted by Crippen LogP contribution is -2.16. The molecule has 0 saturated carbocycles. The summed E-state index contributed by atoms with van der Waals surface area (Å²) in [5.41, 5.74) is 8.94. The van der Waals surface area contributed by atoms with Crippen molar-refractivity contribution in [1.82, 2.24) is 9.55 Å². The number of thiazole rings is 1. The first kappa shape index (κ1) is 17.7. The van der Waals surface area contributed by atoms with E-state index in [4.69, 9.17) is 0 Å². The van der Waals surface area contributed by atoms with E-state index >= 15 is 0 Å². The number of carbonyl (C=O) groups is 1. The van der Waals surface area contributed by atoms with Crippen molar-refractivity contribution in [1.29, 1.82) is 0 Å². The summed E-state index contributed by atoms with van der Waals surface area (Å²) in [5, 5.41) is 4.83. The van der Waals surface area contributed by atoms with Crippen molar-refractivity contribution in [3.63, 3.8) is 0 Å². The summed E-state index contributed by atoms with van der Waals surface area (Å²) in [6.45, 7) is 14.6. The van der Waals surface area contributed by atoms with E-state index < -0.39 is 0 Å². The zero-order valence-corrected chi connectivity index (χ0v) is 17.0. The first-order chi connectivity index (χ1) is 11.6. The highest BCUT2D eigenvalue weighted by Gasteiger charge is 2.23. The minimum Gasteiger partial charge on any atom is -0.339 e. The van der Waals surface area contributed by atoms with Crippen molar-refractivity contribution >= 4 is 33.3 Å². The Hall–Kier alpha value is -2.14. The van der Waals surface area contributed by atoms with Crippen molar-refractivity contribution in [3.8, 4) is 0 Å². The average molecular weight is 356 g/mol. The van der Waals surface area contributed by atoms with Crippen molar-refractivity contribution in [3.05, 3.63) is 44.1 Å². The molecule has 2 heterocycles. The second-order valence-corrected chi connectivity index (χ2v) is 8.07. The van der Waals surface area contributed by atoms with Crippen LogP contribution in [0.15, 0.2) is 0 Å². The summed E-state index contributed by atoms with van der Waals surface area (Å²) in [5.74, 6) is -0.0981. The highest BCUT2D eigenvalue weighted by Crippen LogP contribution is 2.35. The Balaban J connectivity index is 2.18. The van der Waals surface area contributed by atoms with Crippen LogP contribution in [0.1, 0.15) is 48.9 Å². The number of hydrogen-bond acceptors (Lipinski definition) is 3. The van der Waals surface area contributed by atoms with Gasteiger partial charge in [-0.1, -0.05) is 0 Å². The fraction of sp³-hybridized carbons (Fsp3) is 0.400. The maximum Gasteiger partial charge on any atom is 0.274 e. The molecule has 1 amide bonds. The maximum atomic E-state index is 13.0. The molecule has 1 aromatic carbocycles. The third-order valence-electron chi connectivity index (χ3n) is 5.52. The summed E-state index contributed by atoms with van der Waals surface area (Å²) in [4.78, 5) is 18.5. The van der Waals surface area contributed by atoms with E-state index in [0.717, 1.165) is 21.7 Å². The van der Waals surface area contributed by atoms with E-state index in [9.17, 15) is 4.79 Å². The predicted molar refractivity (Wildman–Crippen MR) is 106 cm³/mol. The molecule has 3 rings (SSSR count). The number of rotatable bonds is 2. The summed E-state index contributed by atoms with van der Waals surface area (Å²) in [7, 11) is 1.98. The summed E-state index contributed by atoms with van der Waals surface area (Å²) in [6.07, 6.45) is 0. The topological polar surface area (TPSA) is 46.9 Å². The molecule has 0 fully saturated rings. The van der Waals surface area contributed by atoms with Gasteiger partial charge >= 0.3 is 0 Å². The number of nitrogens with one attached hydrogen (secondary N) is 1. The Bertz CT molecular complexity index is 954. The molecular weight excluding hydrogens is 330 g/mol. The monoisotopic (exact) mass is 355 g/mol. The van der Waals surface area contributed by atoms with E-state index in [2.05, 4.69) is 38.0 Å². The normalized spacial score (nSPS) is 11.4. The number of benzene rings is 1. The van der Waals surface area contributed by atoms with Crippen LogP contribution in [-0.4, -0.2) is 15.5 Å². The van der Waals surface area contributed by atoms with Gasteiger partial charge in [0, 0.05) is 17.3 Å². The van der Waals surface area contributed by atoms with E-state index in [0.29, 0.717) is 10.8 Å². The molecule has 132 valence electrons. The highest BCUT2D eigenvalue weighted by molar-refractivity contribution is 7.15. The Labute approximate surface area is 152 Å². The van der Waals surface area contributed by atoms with Crippen molar-refractivity contribution in [2.75, 3.05) is 5.32 Å². The molecule has 4 nitrogen and oxygen atoms in total. The van der Waals surface area contributed by atoms with Crippen LogP contribution in [0.25, 0.3) is 10.9 Å². The van der Waals surface area contributed by atoms with Crippen LogP contribution in [0.2, 0.25) is 0 Å². The van der Waals surface area contributed by atoms with Crippen LogP contribution in [0.3, 0.4) is 0 Å². The second kappa shape index (κ2) is 5.99. The first-order valence-corrected chi connectivity index (χ1v) is 9.27. The Morgan fingerprint density at radius 3 is 2.08 bits per heavy atom. The molecule has 0 spiro atoms. The lowest BCUT2D eigenvalue weighted by atomic mass is 9.94. The molecule has 5 heteroatoms. The molecule has 0 aliphatic carbocycles. The van der Waals surface area contributed by atoms with Gasteiger partial charge in [-0.3, -0.25) is 10.1 Å². The average Bonchev–Trinajstić information content (AvgIpc) is 2.99. The highest BCUT2D eigenvalue weighted by atomic mass is 32.1. The molecule has 25 heavy (non-hydrogen) atoms. The lowest BCUT2D eigenvalue weighted by Gasteiger charge is -2.13. The fourth-order valence-electron chi connectivity index (χ4n) is 3.66. The molecular formula is C20H25N3OS. The van der Waals surface area contributed by atoms with Crippen molar-refractivity contribution < 1.29 is 4.79 Å². The lowest BCUT2D eigenvalue weighted by molar-refractivity contribution is 0.101. The minimum absolute atomic E-state index is 0.0981. The summed E-state index contributed by atoms with van der Waals surface area (Å²) in [6, 6.07) is 0. The number of hydrogen-bond donors (Lipinski definition) is 1. The molecule has 0 aliphatic rings. The number of nitrogens with zero attached hydrogens (tertiary/aromatic N) is 2. The van der Waals surface area contributed by atoms with Crippen LogP contribution in [-0.2, 0) is 7.05 Å². The van der Waals surface area contributed by atoms with Gasteiger partial charge in [0.05, 0.1) is 11.2 Å². The molecule has 1 N–H and O–H groups in total. The summed E-state index contributed by atoms with van der Waals surface area (Å²) >= 11 is 1.51. The number of anilines is 1. The summed E-state index contributed by atoms with van der Waals surface area (Å²) < 4.78 is 2.03. The van der Waals surface area contributed by atoms with Gasteiger partial charge in [-0.25, -0.2) is 4.98 Å². The smallest absolute Gasteiger partial charge is 0.274 e. The quantitative estimate of drug-likeness (QED) is 0.699. The molecule has 0 bridgehead atoms. The van der Waals surface area contributed by atoms with Crippen LogP contribution in [0.4, 0.5) is 5.13 Å². The fourth-order valence-corrected chi connectivity index (χ4v) is 4.47.